The predicted octanol–water partition coefficient (Wildman–Crippen LogP) is 1.93. The summed E-state index contributed by atoms with van der Waals surface area (Å²) in [6.07, 6.45) is 3.90. The fourth-order valence-electron chi connectivity index (χ4n) is 3.66. The molecule has 3 amide bonds. The molecule has 1 aliphatic carbocycles. The zero-order valence-electron chi connectivity index (χ0n) is 13.7. The molecular formula is C18H25N3O2. The van der Waals surface area contributed by atoms with Gasteiger partial charge in [-0.3, -0.25) is 4.79 Å². The molecule has 1 aromatic carbocycles. The van der Waals surface area contributed by atoms with Crippen LogP contribution in [0.15, 0.2) is 24.3 Å². The number of piperidine rings is 1. The van der Waals surface area contributed by atoms with E-state index in [4.69, 9.17) is 5.73 Å². The molecule has 0 aromatic heterocycles. The molecule has 124 valence electrons. The van der Waals surface area contributed by atoms with Crippen molar-refractivity contribution in [2.75, 3.05) is 19.6 Å². The van der Waals surface area contributed by atoms with Crippen LogP contribution in [0.25, 0.3) is 0 Å². The minimum absolute atomic E-state index is 0.256. The third kappa shape index (κ3) is 3.33. The first-order valence-corrected chi connectivity index (χ1v) is 8.41. The van der Waals surface area contributed by atoms with Gasteiger partial charge in [0.25, 0.3) is 0 Å². The third-order valence-electron chi connectivity index (χ3n) is 5.10. The minimum atomic E-state index is -0.494. The Bertz CT molecular complexity index is 610. The summed E-state index contributed by atoms with van der Waals surface area (Å²) in [4.78, 5) is 26.0. The molecule has 3 rings (SSSR count). The van der Waals surface area contributed by atoms with Gasteiger partial charge in [0.05, 0.1) is 5.41 Å². The van der Waals surface area contributed by atoms with Crippen molar-refractivity contribution in [2.45, 2.75) is 38.0 Å². The number of benzene rings is 1. The van der Waals surface area contributed by atoms with E-state index in [2.05, 4.69) is 30.4 Å². The summed E-state index contributed by atoms with van der Waals surface area (Å²) in [7, 11) is 0. The third-order valence-corrected chi connectivity index (χ3v) is 5.10. The van der Waals surface area contributed by atoms with Crippen LogP contribution in [0.3, 0.4) is 0 Å². The highest BCUT2D eigenvalue weighted by molar-refractivity contribution is 5.91. The average molecular weight is 315 g/mol. The first-order valence-electron chi connectivity index (χ1n) is 8.41. The summed E-state index contributed by atoms with van der Waals surface area (Å²) in [5, 5.41) is 2.67. The van der Waals surface area contributed by atoms with E-state index < -0.39 is 6.03 Å². The van der Waals surface area contributed by atoms with Crippen molar-refractivity contribution in [3.8, 4) is 0 Å². The lowest BCUT2D eigenvalue weighted by atomic mass is 9.90. The molecule has 2 aliphatic rings. The summed E-state index contributed by atoms with van der Waals surface area (Å²) in [5.41, 5.74) is 7.19. The highest BCUT2D eigenvalue weighted by atomic mass is 16.2. The highest BCUT2D eigenvalue weighted by Crippen LogP contribution is 2.50. The first kappa shape index (κ1) is 15.8. The van der Waals surface area contributed by atoms with Crippen LogP contribution >= 0.6 is 0 Å². The number of nitrogens with one attached hydrogen (secondary N) is 1. The highest BCUT2D eigenvalue weighted by Gasteiger charge is 2.53. The zero-order valence-corrected chi connectivity index (χ0v) is 13.7. The molecule has 23 heavy (non-hydrogen) atoms. The van der Waals surface area contributed by atoms with Crippen LogP contribution in [-0.2, 0) is 10.2 Å². The second-order valence-corrected chi connectivity index (χ2v) is 6.96. The molecule has 1 unspecified atom stereocenters. The quantitative estimate of drug-likeness (QED) is 0.891. The Kier molecular flexibility index (Phi) is 4.28. The predicted molar refractivity (Wildman–Crippen MR) is 89.0 cm³/mol. The second-order valence-electron chi connectivity index (χ2n) is 6.96. The van der Waals surface area contributed by atoms with Gasteiger partial charge in [0.2, 0.25) is 5.91 Å². The smallest absolute Gasteiger partial charge is 0.312 e. The average Bonchev–Trinajstić information content (AvgIpc) is 3.34. The number of amides is 3. The largest absolute Gasteiger partial charge is 0.352 e. The molecule has 5 heteroatoms. The van der Waals surface area contributed by atoms with Crippen LogP contribution < -0.4 is 11.1 Å². The topological polar surface area (TPSA) is 75.4 Å². The van der Waals surface area contributed by atoms with Gasteiger partial charge in [0.1, 0.15) is 0 Å². The van der Waals surface area contributed by atoms with Crippen molar-refractivity contribution in [3.05, 3.63) is 35.4 Å². The number of aryl methyl sites for hydroxylation is 1. The molecule has 0 spiro atoms. The summed E-state index contributed by atoms with van der Waals surface area (Å²) in [6, 6.07) is 7.83. The van der Waals surface area contributed by atoms with Crippen molar-refractivity contribution in [2.24, 2.45) is 11.7 Å². The van der Waals surface area contributed by atoms with Crippen LogP contribution in [0.5, 0.6) is 0 Å². The normalized spacial score (nSPS) is 22.5. The number of nitrogens with two attached hydrogens (primary N) is 1. The minimum Gasteiger partial charge on any atom is -0.352 e. The number of carbonyl (C=O) groups is 2. The van der Waals surface area contributed by atoms with Gasteiger partial charge < -0.3 is 16.0 Å². The SMILES string of the molecule is Cc1cccc(C2(C(=O)N3CCCC(CNC(N)=O)C3)CC2)c1. The van der Waals surface area contributed by atoms with Gasteiger partial charge in [-0.2, -0.15) is 0 Å². The lowest BCUT2D eigenvalue weighted by Gasteiger charge is -2.35. The van der Waals surface area contributed by atoms with Crippen LogP contribution in [0, 0.1) is 12.8 Å². The maximum absolute atomic E-state index is 13.1. The maximum Gasteiger partial charge on any atom is 0.312 e. The molecular weight excluding hydrogens is 290 g/mol. The lowest BCUT2D eigenvalue weighted by molar-refractivity contribution is -0.135. The van der Waals surface area contributed by atoms with Crippen LogP contribution in [0.1, 0.15) is 36.8 Å². The van der Waals surface area contributed by atoms with E-state index in [-0.39, 0.29) is 11.3 Å². The number of nitrogens with zero attached hydrogens (tertiary/aromatic N) is 1. The number of hydrogen-bond acceptors (Lipinski definition) is 2. The van der Waals surface area contributed by atoms with E-state index in [0.717, 1.165) is 37.8 Å². The maximum atomic E-state index is 13.1. The Morgan fingerprint density at radius 3 is 2.83 bits per heavy atom. The van der Waals surface area contributed by atoms with E-state index in [1.165, 1.54) is 5.56 Å². The fourth-order valence-corrected chi connectivity index (χ4v) is 3.66. The number of urea groups is 1. The van der Waals surface area contributed by atoms with Crippen LogP contribution in [-0.4, -0.2) is 36.5 Å². The van der Waals surface area contributed by atoms with Crippen molar-refractivity contribution >= 4 is 11.9 Å². The van der Waals surface area contributed by atoms with Gasteiger partial charge in [0.15, 0.2) is 0 Å². The molecule has 1 heterocycles. The fraction of sp³-hybridized carbons (Fsp3) is 0.556. The van der Waals surface area contributed by atoms with E-state index >= 15 is 0 Å². The molecule has 1 atom stereocenters. The van der Waals surface area contributed by atoms with Crippen molar-refractivity contribution in [1.29, 1.82) is 0 Å². The molecule has 0 radical (unpaired) electrons. The molecule has 3 N–H and O–H groups in total. The van der Waals surface area contributed by atoms with Crippen molar-refractivity contribution in [3.63, 3.8) is 0 Å². The molecule has 1 saturated carbocycles. The van der Waals surface area contributed by atoms with E-state index in [9.17, 15) is 9.59 Å². The first-order chi connectivity index (χ1) is 11.0. The zero-order chi connectivity index (χ0) is 16.4. The summed E-state index contributed by atoms with van der Waals surface area (Å²) < 4.78 is 0. The molecule has 1 aromatic rings. The summed E-state index contributed by atoms with van der Waals surface area (Å²) in [5.74, 6) is 0.556. The Balaban J connectivity index is 1.69. The van der Waals surface area contributed by atoms with Crippen molar-refractivity contribution < 1.29 is 9.59 Å². The van der Waals surface area contributed by atoms with Gasteiger partial charge in [0, 0.05) is 19.6 Å². The van der Waals surface area contributed by atoms with E-state index in [1.807, 2.05) is 11.0 Å². The van der Waals surface area contributed by atoms with Gasteiger partial charge in [-0.25, -0.2) is 4.79 Å². The van der Waals surface area contributed by atoms with Gasteiger partial charge in [-0.1, -0.05) is 29.8 Å². The molecule has 1 saturated heterocycles. The monoisotopic (exact) mass is 315 g/mol. The Morgan fingerprint density at radius 2 is 2.17 bits per heavy atom. The summed E-state index contributed by atoms with van der Waals surface area (Å²) >= 11 is 0. The van der Waals surface area contributed by atoms with Gasteiger partial charge in [-0.05, 0) is 44.1 Å². The number of primary amides is 1. The molecule has 5 nitrogen and oxygen atoms in total. The summed E-state index contributed by atoms with van der Waals surface area (Å²) in [6.45, 7) is 4.15. The van der Waals surface area contributed by atoms with Gasteiger partial charge in [-0.15, -0.1) is 0 Å². The lowest BCUT2D eigenvalue weighted by Crippen LogP contribution is -2.47. The Hall–Kier alpha value is -2.04. The molecule has 1 aliphatic heterocycles. The standard InChI is InChI=1S/C18H25N3O2/c1-13-4-2-6-15(10-13)18(7-8-18)16(22)21-9-3-5-14(12-21)11-20-17(19)23/h2,4,6,10,14H,3,5,7-9,11-12H2,1H3,(H3,19,20,23). The Labute approximate surface area is 137 Å². The number of rotatable bonds is 4. The van der Waals surface area contributed by atoms with E-state index in [0.29, 0.717) is 19.0 Å². The second kappa shape index (κ2) is 6.22. The number of likely N-dealkylation sites (tertiary alicyclic amines) is 1. The number of carbonyl (C=O) groups excluding carboxylic acids is 2. The molecule has 0 bridgehead atoms. The van der Waals surface area contributed by atoms with Crippen LogP contribution in [0.2, 0.25) is 0 Å². The van der Waals surface area contributed by atoms with Crippen molar-refractivity contribution in [1.82, 2.24) is 10.2 Å². The van der Waals surface area contributed by atoms with Gasteiger partial charge >= 0.3 is 6.03 Å². The molecule has 2 fully saturated rings. The van der Waals surface area contributed by atoms with E-state index in [1.54, 1.807) is 0 Å². The number of hydrogen-bond donors (Lipinski definition) is 2. The Morgan fingerprint density at radius 1 is 1.39 bits per heavy atom. The van der Waals surface area contributed by atoms with Crippen LogP contribution in [0.4, 0.5) is 4.79 Å².